The minimum absolute atomic E-state index is 0.304. The summed E-state index contributed by atoms with van der Waals surface area (Å²) in [6.07, 6.45) is 0. The largest absolute Gasteiger partial charge is 0.469 e. The molecule has 0 bridgehead atoms. The summed E-state index contributed by atoms with van der Waals surface area (Å²) in [6.45, 7) is 3.86. The van der Waals surface area contributed by atoms with Crippen LogP contribution in [0.4, 0.5) is 0 Å². The maximum absolute atomic E-state index is 10.7. The molecule has 0 saturated carbocycles. The van der Waals surface area contributed by atoms with Crippen LogP contribution in [0.25, 0.3) is 0 Å². The third-order valence-electron chi connectivity index (χ3n) is 1.68. The highest BCUT2D eigenvalue weighted by molar-refractivity contribution is 7.66. The molecular formula is C9H11OS+. The lowest BCUT2D eigenvalue weighted by molar-refractivity contribution is 0.584. The fourth-order valence-corrected chi connectivity index (χ4v) is 1.12. The van der Waals surface area contributed by atoms with Crippen molar-refractivity contribution in [1.82, 2.24) is 0 Å². The van der Waals surface area contributed by atoms with E-state index in [1.54, 1.807) is 0 Å². The van der Waals surface area contributed by atoms with Gasteiger partial charge in [-0.25, -0.2) is 0 Å². The second-order valence-corrected chi connectivity index (χ2v) is 4.15. The number of benzene rings is 1. The van der Waals surface area contributed by atoms with E-state index in [0.717, 1.165) is 5.56 Å². The summed E-state index contributed by atoms with van der Waals surface area (Å²) in [5, 5.41) is 0. The van der Waals surface area contributed by atoms with Crippen LogP contribution in [0.2, 0.25) is 0 Å². The van der Waals surface area contributed by atoms with Crippen LogP contribution < -0.4 is 0 Å². The highest BCUT2D eigenvalue weighted by Gasteiger charge is 2.34. The minimum atomic E-state index is -0.304. The van der Waals surface area contributed by atoms with E-state index in [9.17, 15) is 4.21 Å². The lowest BCUT2D eigenvalue weighted by Crippen LogP contribution is -2.14. The van der Waals surface area contributed by atoms with E-state index in [2.05, 4.69) is 0 Å². The van der Waals surface area contributed by atoms with Gasteiger partial charge in [-0.05, 0) is 0 Å². The molecule has 0 N–H and O–H groups in total. The summed E-state index contributed by atoms with van der Waals surface area (Å²) >= 11 is 0.630. The maximum atomic E-state index is 10.7. The molecule has 0 aliphatic heterocycles. The molecule has 0 saturated heterocycles. The predicted octanol–water partition coefficient (Wildman–Crippen LogP) is 2.35. The number of hydrogen-bond donors (Lipinski definition) is 0. The van der Waals surface area contributed by atoms with E-state index >= 15 is 0 Å². The van der Waals surface area contributed by atoms with Crippen molar-refractivity contribution in [3.63, 3.8) is 0 Å². The lowest BCUT2D eigenvalue weighted by atomic mass is 10.0. The van der Waals surface area contributed by atoms with Gasteiger partial charge in [0.2, 0.25) is 0 Å². The number of hydrogen-bond acceptors (Lipinski definition) is 1. The highest BCUT2D eigenvalue weighted by atomic mass is 32.1. The van der Waals surface area contributed by atoms with Crippen LogP contribution in [0.3, 0.4) is 0 Å². The Bertz CT molecular complexity index is 241. The Balaban J connectivity index is 3.02. The van der Waals surface area contributed by atoms with Crippen LogP contribution in [0.15, 0.2) is 30.3 Å². The summed E-state index contributed by atoms with van der Waals surface area (Å²) in [4.78, 5) is 0. The maximum Gasteiger partial charge on any atom is 0.469 e. The zero-order chi connectivity index (χ0) is 8.32. The molecule has 0 atom stereocenters. The second kappa shape index (κ2) is 3.09. The molecule has 0 fully saturated rings. The molecule has 0 radical (unpaired) electrons. The zero-order valence-electron chi connectivity index (χ0n) is 6.70. The molecule has 0 aromatic heterocycles. The Morgan fingerprint density at radius 1 is 1.18 bits per heavy atom. The van der Waals surface area contributed by atoms with E-state index in [0.29, 0.717) is 11.7 Å². The second-order valence-electron chi connectivity index (χ2n) is 2.96. The van der Waals surface area contributed by atoms with Gasteiger partial charge in [0, 0.05) is 23.6 Å². The van der Waals surface area contributed by atoms with Gasteiger partial charge in [-0.15, -0.1) is 0 Å². The van der Waals surface area contributed by atoms with Crippen molar-refractivity contribution >= 4 is 11.7 Å². The molecule has 1 aromatic carbocycles. The molecule has 0 aliphatic carbocycles. The van der Waals surface area contributed by atoms with Crippen LogP contribution in [0, 0.1) is 0 Å². The van der Waals surface area contributed by atoms with Crippen molar-refractivity contribution in [3.8, 4) is 0 Å². The average Bonchev–Trinajstić information content (AvgIpc) is 2.06. The van der Waals surface area contributed by atoms with Gasteiger partial charge in [-0.3, -0.25) is 0 Å². The Hall–Kier alpha value is -0.760. The molecular weight excluding hydrogens is 156 g/mol. The lowest BCUT2D eigenvalue weighted by Gasteiger charge is -2.03. The summed E-state index contributed by atoms with van der Waals surface area (Å²) in [5.41, 5.74) is 1.08. The van der Waals surface area contributed by atoms with Gasteiger partial charge in [0.05, 0.1) is 0 Å². The van der Waals surface area contributed by atoms with E-state index < -0.39 is 0 Å². The molecule has 1 rings (SSSR count). The summed E-state index contributed by atoms with van der Waals surface area (Å²) < 4.78 is 10.4. The summed E-state index contributed by atoms with van der Waals surface area (Å²) in [6, 6.07) is 9.81. The third kappa shape index (κ3) is 1.84. The standard InChI is InChI=1S/C9H11OS/c1-9(2,11-10)8-6-4-3-5-7-8/h3-7H,1-2H3/q+1. The molecule has 1 aromatic rings. The van der Waals surface area contributed by atoms with E-state index in [-0.39, 0.29) is 4.75 Å². The molecule has 0 heterocycles. The Morgan fingerprint density at radius 2 is 1.73 bits per heavy atom. The van der Waals surface area contributed by atoms with Crippen LogP contribution in [0.5, 0.6) is 0 Å². The molecule has 1 nitrogen and oxygen atoms in total. The molecule has 0 spiro atoms. The molecule has 0 unspecified atom stereocenters. The van der Waals surface area contributed by atoms with E-state index in [1.165, 1.54) is 0 Å². The Kier molecular flexibility index (Phi) is 2.35. The molecule has 11 heavy (non-hydrogen) atoms. The summed E-state index contributed by atoms with van der Waals surface area (Å²) in [5.74, 6) is 0. The first-order valence-corrected chi connectivity index (χ1v) is 4.27. The highest BCUT2D eigenvalue weighted by Crippen LogP contribution is 2.21. The average molecular weight is 167 g/mol. The van der Waals surface area contributed by atoms with Crippen LogP contribution in [0.1, 0.15) is 19.4 Å². The Morgan fingerprint density at radius 3 is 2.18 bits per heavy atom. The van der Waals surface area contributed by atoms with E-state index in [4.69, 9.17) is 0 Å². The molecule has 0 amide bonds. The van der Waals surface area contributed by atoms with Crippen molar-refractivity contribution in [3.05, 3.63) is 35.9 Å². The topological polar surface area (TPSA) is 17.1 Å². The molecule has 0 aliphatic rings. The minimum Gasteiger partial charge on any atom is -0.0622 e. The van der Waals surface area contributed by atoms with Gasteiger partial charge in [0.15, 0.2) is 0 Å². The zero-order valence-corrected chi connectivity index (χ0v) is 7.52. The van der Waals surface area contributed by atoms with Crippen LogP contribution in [-0.2, 0) is 20.6 Å². The van der Waals surface area contributed by atoms with Gasteiger partial charge in [-0.2, -0.15) is 0 Å². The van der Waals surface area contributed by atoms with Gasteiger partial charge in [0.1, 0.15) is 0 Å². The third-order valence-corrected chi connectivity index (χ3v) is 2.33. The SMILES string of the molecule is CC(C)([S+]=O)c1ccccc1. The molecule has 2 heteroatoms. The first-order valence-electron chi connectivity index (χ1n) is 3.53. The van der Waals surface area contributed by atoms with Crippen molar-refractivity contribution in [2.75, 3.05) is 0 Å². The fraction of sp³-hybridized carbons (Fsp3) is 0.333. The van der Waals surface area contributed by atoms with Gasteiger partial charge in [0.25, 0.3) is 4.75 Å². The van der Waals surface area contributed by atoms with Crippen LogP contribution >= 0.6 is 0 Å². The van der Waals surface area contributed by atoms with Crippen molar-refractivity contribution in [1.29, 1.82) is 0 Å². The van der Waals surface area contributed by atoms with Gasteiger partial charge >= 0.3 is 11.7 Å². The van der Waals surface area contributed by atoms with Gasteiger partial charge < -0.3 is 0 Å². The Labute approximate surface area is 70.9 Å². The van der Waals surface area contributed by atoms with Crippen LogP contribution in [-0.4, -0.2) is 0 Å². The quantitative estimate of drug-likeness (QED) is 0.618. The van der Waals surface area contributed by atoms with Crippen molar-refractivity contribution in [2.45, 2.75) is 18.6 Å². The van der Waals surface area contributed by atoms with Crippen molar-refractivity contribution < 1.29 is 4.21 Å². The fourth-order valence-electron chi connectivity index (χ4n) is 0.888. The smallest absolute Gasteiger partial charge is 0.0622 e. The predicted molar refractivity (Wildman–Crippen MR) is 47.5 cm³/mol. The molecule has 58 valence electrons. The first-order chi connectivity index (χ1) is 5.17. The van der Waals surface area contributed by atoms with Gasteiger partial charge in [-0.1, -0.05) is 30.3 Å². The summed E-state index contributed by atoms with van der Waals surface area (Å²) in [7, 11) is 0. The van der Waals surface area contributed by atoms with E-state index in [1.807, 2.05) is 44.2 Å². The number of rotatable bonds is 2. The normalized spacial score (nSPS) is 11.1. The van der Waals surface area contributed by atoms with Crippen molar-refractivity contribution in [2.24, 2.45) is 0 Å². The monoisotopic (exact) mass is 167 g/mol. The first kappa shape index (κ1) is 8.34.